The maximum atomic E-state index is 12.9. The van der Waals surface area contributed by atoms with Gasteiger partial charge >= 0.3 is 5.97 Å². The normalized spacial score (nSPS) is 14.2. The van der Waals surface area contributed by atoms with Crippen LogP contribution in [-0.2, 0) is 14.3 Å². The van der Waals surface area contributed by atoms with Crippen LogP contribution in [0.25, 0.3) is 0 Å². The highest BCUT2D eigenvalue weighted by molar-refractivity contribution is 14.1. The molecule has 0 unspecified atom stereocenters. The van der Waals surface area contributed by atoms with Gasteiger partial charge in [-0.25, -0.2) is 4.79 Å². The lowest BCUT2D eigenvalue weighted by atomic mass is 10.2. The average Bonchev–Trinajstić information content (AvgIpc) is 2.41. The van der Waals surface area contributed by atoms with Gasteiger partial charge in [-0.1, -0.05) is 42.2 Å². The Balaban J connectivity index is 6.09. The van der Waals surface area contributed by atoms with Gasteiger partial charge in [0.1, 0.15) is 9.18 Å². The number of ether oxygens (including phenoxy) is 1. The second-order valence-electron chi connectivity index (χ2n) is 7.45. The van der Waals surface area contributed by atoms with E-state index < -0.39 is 19.6 Å². The quantitative estimate of drug-likeness (QED) is 0.146. The van der Waals surface area contributed by atoms with E-state index in [9.17, 15) is 9.59 Å². The molecular weight excluding hydrogens is 548 g/mol. The molecule has 0 aliphatic heterocycles. The minimum Gasteiger partial charge on any atom is -0.456 e. The Labute approximate surface area is 174 Å². The van der Waals surface area contributed by atoms with E-state index in [0.717, 1.165) is 3.20 Å². The molecule has 0 aromatic heterocycles. The molecule has 138 valence electrons. The van der Waals surface area contributed by atoms with Crippen molar-refractivity contribution >= 4 is 65.1 Å². The van der Waals surface area contributed by atoms with Gasteiger partial charge in [0.15, 0.2) is 0 Å². The lowest BCUT2D eigenvalue weighted by molar-refractivity contribution is -0.149. The summed E-state index contributed by atoms with van der Waals surface area (Å²) in [5, 5.41) is 0. The maximum absolute atomic E-state index is 12.9. The van der Waals surface area contributed by atoms with Gasteiger partial charge in [-0.15, -0.1) is 0 Å². The van der Waals surface area contributed by atoms with Crippen LogP contribution >= 0.6 is 45.2 Å². The van der Waals surface area contributed by atoms with E-state index in [1.165, 1.54) is 0 Å². The largest absolute Gasteiger partial charge is 0.456 e. The number of hydrogen-bond acceptors (Lipinski definition) is 3. The molecule has 1 amide bonds. The molecule has 0 heterocycles. The molecule has 7 heteroatoms. The summed E-state index contributed by atoms with van der Waals surface area (Å²) in [6, 6.07) is 0. The van der Waals surface area contributed by atoms with Crippen molar-refractivity contribution in [3.05, 3.63) is 18.4 Å². The van der Waals surface area contributed by atoms with Crippen molar-refractivity contribution in [3.63, 3.8) is 0 Å². The fraction of sp³-hybridized carbons (Fsp3) is 0.647. The zero-order chi connectivity index (χ0) is 19.3. The van der Waals surface area contributed by atoms with E-state index in [4.69, 9.17) is 4.74 Å². The SMILES string of the molecule is CCN(CC)C(=O)C(/C=C(\I)[Si](C)(C)C)=C(/I)C(=O)OC(C)(C)C. The Hall–Kier alpha value is 0.0969. The van der Waals surface area contributed by atoms with Gasteiger partial charge in [0.05, 0.1) is 13.6 Å². The van der Waals surface area contributed by atoms with Crippen LogP contribution in [0.5, 0.6) is 0 Å². The van der Waals surface area contributed by atoms with Gasteiger partial charge < -0.3 is 9.64 Å². The molecule has 0 aromatic carbocycles. The molecule has 0 spiro atoms. The summed E-state index contributed by atoms with van der Waals surface area (Å²) in [5.74, 6) is -0.572. The predicted octanol–water partition coefficient (Wildman–Crippen LogP) is 5.08. The fourth-order valence-corrected chi connectivity index (χ4v) is 3.06. The molecule has 0 aliphatic rings. The van der Waals surface area contributed by atoms with E-state index >= 15 is 0 Å². The van der Waals surface area contributed by atoms with Crippen LogP contribution < -0.4 is 0 Å². The number of amides is 1. The van der Waals surface area contributed by atoms with Gasteiger partial charge in [0.25, 0.3) is 5.91 Å². The van der Waals surface area contributed by atoms with Crippen molar-refractivity contribution in [3.8, 4) is 0 Å². The first kappa shape index (κ1) is 24.1. The average molecular weight is 577 g/mol. The van der Waals surface area contributed by atoms with E-state index in [-0.39, 0.29) is 5.91 Å². The van der Waals surface area contributed by atoms with Crippen molar-refractivity contribution in [2.24, 2.45) is 0 Å². The number of likely N-dealkylation sites (N-methyl/N-ethyl adjacent to an activating group) is 1. The number of esters is 1. The first-order valence-corrected chi connectivity index (χ1v) is 13.7. The second kappa shape index (κ2) is 9.70. The predicted molar refractivity (Wildman–Crippen MR) is 120 cm³/mol. The third-order valence-electron chi connectivity index (χ3n) is 3.08. The van der Waals surface area contributed by atoms with Crippen molar-refractivity contribution in [2.45, 2.75) is 59.9 Å². The van der Waals surface area contributed by atoms with E-state index in [1.54, 1.807) is 4.90 Å². The van der Waals surface area contributed by atoms with Crippen LogP contribution in [0.15, 0.2) is 18.4 Å². The number of hydrogen-bond donors (Lipinski definition) is 0. The second-order valence-corrected chi connectivity index (χ2v) is 15.7. The first-order valence-electron chi connectivity index (χ1n) is 8.04. The molecule has 0 aromatic rings. The topological polar surface area (TPSA) is 46.6 Å². The molecule has 4 nitrogen and oxygen atoms in total. The highest BCUT2D eigenvalue weighted by Crippen LogP contribution is 2.28. The molecule has 24 heavy (non-hydrogen) atoms. The summed E-state index contributed by atoms with van der Waals surface area (Å²) < 4.78 is 6.94. The van der Waals surface area contributed by atoms with Gasteiger partial charge in [-0.05, 0) is 66.5 Å². The molecule has 0 radical (unpaired) electrons. The van der Waals surface area contributed by atoms with Crippen molar-refractivity contribution in [1.29, 1.82) is 0 Å². The van der Waals surface area contributed by atoms with Crippen molar-refractivity contribution < 1.29 is 14.3 Å². The molecule has 0 rings (SSSR count). The Morgan fingerprint density at radius 3 is 1.88 bits per heavy atom. The minimum atomic E-state index is -1.56. The Morgan fingerprint density at radius 1 is 1.08 bits per heavy atom. The summed E-state index contributed by atoms with van der Waals surface area (Å²) in [6.45, 7) is 17.2. The number of carbonyl (C=O) groups excluding carboxylic acids is 2. The van der Waals surface area contributed by atoms with Crippen molar-refractivity contribution in [2.75, 3.05) is 13.1 Å². The van der Waals surface area contributed by atoms with E-state index in [0.29, 0.717) is 22.2 Å². The number of carbonyl (C=O) groups is 2. The van der Waals surface area contributed by atoms with E-state index in [1.807, 2.05) is 63.3 Å². The van der Waals surface area contributed by atoms with Gasteiger partial charge in [-0.3, -0.25) is 4.79 Å². The monoisotopic (exact) mass is 577 g/mol. The Kier molecular flexibility index (Phi) is 9.74. The van der Waals surface area contributed by atoms with Crippen LogP contribution in [0.2, 0.25) is 19.6 Å². The van der Waals surface area contributed by atoms with Crippen LogP contribution in [-0.4, -0.2) is 43.5 Å². The summed E-state index contributed by atoms with van der Waals surface area (Å²) in [6.07, 6.45) is 1.87. The lowest BCUT2D eigenvalue weighted by Crippen LogP contribution is -2.33. The van der Waals surface area contributed by atoms with E-state index in [2.05, 4.69) is 42.2 Å². The molecule has 0 fully saturated rings. The summed E-state index contributed by atoms with van der Waals surface area (Å²) in [4.78, 5) is 27.1. The van der Waals surface area contributed by atoms with Crippen LogP contribution in [0.4, 0.5) is 0 Å². The molecule has 0 saturated heterocycles. The molecule has 0 aliphatic carbocycles. The molecule has 0 N–H and O–H groups in total. The van der Waals surface area contributed by atoms with Crippen LogP contribution in [0.1, 0.15) is 34.6 Å². The number of halogens is 2. The van der Waals surface area contributed by atoms with Gasteiger partial charge in [-0.2, -0.15) is 0 Å². The van der Waals surface area contributed by atoms with Gasteiger partial charge in [0.2, 0.25) is 0 Å². The lowest BCUT2D eigenvalue weighted by Gasteiger charge is -2.23. The standard InChI is InChI=1S/C17H29I2NO3Si/c1-9-20(10-2)15(21)12(11-13(18)24(6,7)8)14(19)16(22)23-17(3,4)5/h11H,9-10H2,1-8H3/b13-11+,14-12+. The highest BCUT2D eigenvalue weighted by atomic mass is 127. The maximum Gasteiger partial charge on any atom is 0.345 e. The minimum absolute atomic E-state index is 0.123. The molecule has 0 atom stereocenters. The zero-order valence-electron chi connectivity index (χ0n) is 15.9. The zero-order valence-corrected chi connectivity index (χ0v) is 21.2. The smallest absolute Gasteiger partial charge is 0.345 e. The summed E-state index contributed by atoms with van der Waals surface area (Å²) >= 11 is 4.23. The molecular formula is C17H29I2NO3Si. The molecule has 0 saturated carbocycles. The third-order valence-corrected chi connectivity index (χ3v) is 10.8. The highest BCUT2D eigenvalue weighted by Gasteiger charge is 2.27. The summed E-state index contributed by atoms with van der Waals surface area (Å²) in [7, 11) is -1.56. The molecule has 0 bridgehead atoms. The fourth-order valence-electron chi connectivity index (χ4n) is 1.68. The van der Waals surface area contributed by atoms with Crippen molar-refractivity contribution in [1.82, 2.24) is 4.90 Å². The van der Waals surface area contributed by atoms with Crippen LogP contribution in [0.3, 0.4) is 0 Å². The number of rotatable bonds is 6. The summed E-state index contributed by atoms with van der Waals surface area (Å²) in [5.41, 5.74) is -0.160. The third kappa shape index (κ3) is 7.98. The number of nitrogens with zero attached hydrogens (tertiary/aromatic N) is 1. The Morgan fingerprint density at radius 2 is 1.54 bits per heavy atom. The van der Waals surface area contributed by atoms with Gasteiger partial charge in [0, 0.05) is 13.1 Å². The Bertz CT molecular complexity index is 539. The van der Waals surface area contributed by atoms with Crippen LogP contribution in [0, 0.1) is 0 Å². The first-order chi connectivity index (χ1) is 10.7.